The van der Waals surface area contributed by atoms with Crippen molar-refractivity contribution in [3.8, 4) is 0 Å². The molecule has 3 heteroatoms. The van der Waals surface area contributed by atoms with E-state index in [1.165, 1.54) is 6.08 Å². The zero-order chi connectivity index (χ0) is 10.2. The molecule has 0 aliphatic heterocycles. The molecule has 2 N–H and O–H groups in total. The smallest absolute Gasteiger partial charge is 0.158 e. The van der Waals surface area contributed by atoms with E-state index in [9.17, 15) is 15.0 Å². The molecule has 0 saturated heterocycles. The SMILES string of the molecule is CC1=C[C@@H](O)[C@@H](C(C)(C)O)CC1=O. The van der Waals surface area contributed by atoms with Gasteiger partial charge in [0.1, 0.15) is 0 Å². The van der Waals surface area contributed by atoms with E-state index in [2.05, 4.69) is 0 Å². The molecule has 0 aromatic heterocycles. The largest absolute Gasteiger partial charge is 0.390 e. The summed E-state index contributed by atoms with van der Waals surface area (Å²) in [6.07, 6.45) is 1.04. The number of rotatable bonds is 1. The number of aliphatic hydroxyl groups excluding tert-OH is 1. The van der Waals surface area contributed by atoms with Crippen molar-refractivity contribution in [2.24, 2.45) is 5.92 Å². The highest BCUT2D eigenvalue weighted by molar-refractivity contribution is 5.96. The molecule has 0 bridgehead atoms. The first-order chi connectivity index (χ1) is 5.82. The van der Waals surface area contributed by atoms with Crippen molar-refractivity contribution in [1.82, 2.24) is 0 Å². The number of Topliss-reactive ketones (excluding diaryl/α,β-unsaturated/α-hetero) is 1. The Kier molecular flexibility index (Phi) is 2.59. The van der Waals surface area contributed by atoms with E-state index < -0.39 is 11.7 Å². The lowest BCUT2D eigenvalue weighted by molar-refractivity contribution is -0.122. The van der Waals surface area contributed by atoms with Crippen molar-refractivity contribution in [2.75, 3.05) is 0 Å². The Balaban J connectivity index is 2.89. The van der Waals surface area contributed by atoms with Crippen molar-refractivity contribution in [2.45, 2.75) is 38.9 Å². The molecule has 0 aromatic carbocycles. The molecule has 0 unspecified atom stereocenters. The lowest BCUT2D eigenvalue weighted by Crippen LogP contribution is -2.42. The minimum atomic E-state index is -1.01. The first-order valence-corrected chi connectivity index (χ1v) is 4.44. The van der Waals surface area contributed by atoms with Gasteiger partial charge in [-0.1, -0.05) is 0 Å². The number of carbonyl (C=O) groups is 1. The minimum Gasteiger partial charge on any atom is -0.390 e. The molecule has 0 spiro atoms. The predicted molar refractivity (Wildman–Crippen MR) is 49.2 cm³/mol. The second kappa shape index (κ2) is 3.24. The van der Waals surface area contributed by atoms with E-state index in [0.29, 0.717) is 5.57 Å². The summed E-state index contributed by atoms with van der Waals surface area (Å²) in [6.45, 7) is 4.91. The summed E-state index contributed by atoms with van der Waals surface area (Å²) in [5.74, 6) is -0.374. The van der Waals surface area contributed by atoms with Gasteiger partial charge in [-0.2, -0.15) is 0 Å². The van der Waals surface area contributed by atoms with Crippen molar-refractivity contribution >= 4 is 5.78 Å². The molecular weight excluding hydrogens is 168 g/mol. The zero-order valence-corrected chi connectivity index (χ0v) is 8.24. The molecule has 0 radical (unpaired) electrons. The monoisotopic (exact) mass is 184 g/mol. The maximum absolute atomic E-state index is 11.3. The highest BCUT2D eigenvalue weighted by Crippen LogP contribution is 2.29. The van der Waals surface area contributed by atoms with Crippen LogP contribution in [0.4, 0.5) is 0 Å². The van der Waals surface area contributed by atoms with E-state index >= 15 is 0 Å². The van der Waals surface area contributed by atoms with E-state index in [4.69, 9.17) is 0 Å². The third-order valence-electron chi connectivity index (χ3n) is 2.59. The van der Waals surface area contributed by atoms with Crippen LogP contribution in [0.25, 0.3) is 0 Å². The first-order valence-electron chi connectivity index (χ1n) is 4.44. The van der Waals surface area contributed by atoms with Crippen LogP contribution in [0.1, 0.15) is 27.2 Å². The molecule has 13 heavy (non-hydrogen) atoms. The Morgan fingerprint density at radius 3 is 2.54 bits per heavy atom. The van der Waals surface area contributed by atoms with Gasteiger partial charge in [-0.25, -0.2) is 0 Å². The zero-order valence-electron chi connectivity index (χ0n) is 8.24. The molecule has 1 aliphatic carbocycles. The number of ketones is 1. The number of hydrogen-bond donors (Lipinski definition) is 2. The van der Waals surface area contributed by atoms with Gasteiger partial charge in [0, 0.05) is 12.3 Å². The minimum absolute atomic E-state index is 0.0115. The lowest BCUT2D eigenvalue weighted by atomic mass is 9.77. The molecule has 0 heterocycles. The molecule has 1 rings (SSSR count). The van der Waals surface area contributed by atoms with E-state index in [0.717, 1.165) is 0 Å². The summed E-state index contributed by atoms with van der Waals surface area (Å²) in [5.41, 5.74) is -0.417. The molecule has 0 aromatic rings. The maximum atomic E-state index is 11.3. The Labute approximate surface area is 78.1 Å². The van der Waals surface area contributed by atoms with Gasteiger partial charge >= 0.3 is 0 Å². The molecule has 2 atom stereocenters. The van der Waals surface area contributed by atoms with E-state index in [1.807, 2.05) is 0 Å². The van der Waals surface area contributed by atoms with Gasteiger partial charge in [-0.15, -0.1) is 0 Å². The van der Waals surface area contributed by atoms with Crippen molar-refractivity contribution in [1.29, 1.82) is 0 Å². The summed E-state index contributed by atoms with van der Waals surface area (Å²) >= 11 is 0. The van der Waals surface area contributed by atoms with Crippen LogP contribution < -0.4 is 0 Å². The van der Waals surface area contributed by atoms with Gasteiger partial charge in [0.25, 0.3) is 0 Å². The Morgan fingerprint density at radius 2 is 2.08 bits per heavy atom. The molecule has 0 fully saturated rings. The fourth-order valence-electron chi connectivity index (χ4n) is 1.61. The average molecular weight is 184 g/mol. The third-order valence-corrected chi connectivity index (χ3v) is 2.59. The van der Waals surface area contributed by atoms with Crippen LogP contribution in [0.2, 0.25) is 0 Å². The summed E-state index contributed by atoms with van der Waals surface area (Å²) in [4.78, 5) is 11.3. The fraction of sp³-hybridized carbons (Fsp3) is 0.700. The highest BCUT2D eigenvalue weighted by Gasteiger charge is 2.36. The van der Waals surface area contributed by atoms with Crippen LogP contribution in [0.3, 0.4) is 0 Å². The van der Waals surface area contributed by atoms with Gasteiger partial charge < -0.3 is 10.2 Å². The fourth-order valence-corrected chi connectivity index (χ4v) is 1.61. The summed E-state index contributed by atoms with van der Waals surface area (Å²) in [6, 6.07) is 0. The molecular formula is C10H16O3. The van der Waals surface area contributed by atoms with Crippen LogP contribution >= 0.6 is 0 Å². The Morgan fingerprint density at radius 1 is 1.54 bits per heavy atom. The number of hydrogen-bond acceptors (Lipinski definition) is 3. The average Bonchev–Trinajstić information content (AvgIpc) is 1.94. The lowest BCUT2D eigenvalue weighted by Gasteiger charge is -2.34. The van der Waals surface area contributed by atoms with Gasteiger partial charge in [0.15, 0.2) is 5.78 Å². The third kappa shape index (κ3) is 2.17. The molecule has 1 aliphatic rings. The van der Waals surface area contributed by atoms with Crippen LogP contribution in [-0.4, -0.2) is 27.7 Å². The Hall–Kier alpha value is -0.670. The Bertz CT molecular complexity index is 247. The van der Waals surface area contributed by atoms with Gasteiger partial charge in [-0.3, -0.25) is 4.79 Å². The highest BCUT2D eigenvalue weighted by atomic mass is 16.3. The quantitative estimate of drug-likeness (QED) is 0.629. The normalized spacial score (nSPS) is 30.2. The van der Waals surface area contributed by atoms with Crippen molar-refractivity contribution < 1.29 is 15.0 Å². The van der Waals surface area contributed by atoms with Crippen LogP contribution in [-0.2, 0) is 4.79 Å². The van der Waals surface area contributed by atoms with Gasteiger partial charge in [-0.05, 0) is 32.4 Å². The number of carbonyl (C=O) groups excluding carboxylic acids is 1. The summed E-state index contributed by atoms with van der Waals surface area (Å²) in [7, 11) is 0. The molecule has 74 valence electrons. The molecule has 3 nitrogen and oxygen atoms in total. The van der Waals surface area contributed by atoms with Crippen molar-refractivity contribution in [3.63, 3.8) is 0 Å². The second-order valence-corrected chi connectivity index (χ2v) is 4.23. The first kappa shape index (κ1) is 10.4. The van der Waals surface area contributed by atoms with E-state index in [1.54, 1.807) is 20.8 Å². The van der Waals surface area contributed by atoms with Crippen LogP contribution in [0, 0.1) is 5.92 Å². The van der Waals surface area contributed by atoms with Gasteiger partial charge in [0.2, 0.25) is 0 Å². The van der Waals surface area contributed by atoms with E-state index in [-0.39, 0.29) is 18.1 Å². The molecule has 0 amide bonds. The molecule has 0 saturated carbocycles. The number of aliphatic hydroxyl groups is 2. The number of allylic oxidation sites excluding steroid dienone is 1. The van der Waals surface area contributed by atoms with Crippen LogP contribution in [0.5, 0.6) is 0 Å². The summed E-state index contributed by atoms with van der Waals surface area (Å²) < 4.78 is 0. The van der Waals surface area contributed by atoms with Gasteiger partial charge in [0.05, 0.1) is 11.7 Å². The maximum Gasteiger partial charge on any atom is 0.158 e. The predicted octanol–water partition coefficient (Wildman–Crippen LogP) is 0.653. The summed E-state index contributed by atoms with van der Waals surface area (Å²) in [5, 5.41) is 19.3. The van der Waals surface area contributed by atoms with Crippen LogP contribution in [0.15, 0.2) is 11.6 Å². The standard InChI is InChI=1S/C10H16O3/c1-6-4-9(12)7(5-8(6)11)10(2,3)13/h4,7,9,12-13H,5H2,1-3H3/t7-,9+/m0/s1. The second-order valence-electron chi connectivity index (χ2n) is 4.23. The topological polar surface area (TPSA) is 57.5 Å². The van der Waals surface area contributed by atoms with Crippen molar-refractivity contribution in [3.05, 3.63) is 11.6 Å².